The number of hydrogen-bond donors (Lipinski definition) is 1. The summed E-state index contributed by atoms with van der Waals surface area (Å²) in [6.07, 6.45) is 2.00. The van der Waals surface area contributed by atoms with E-state index in [2.05, 4.69) is 0 Å². The number of carboxylic acids is 1. The van der Waals surface area contributed by atoms with E-state index in [9.17, 15) is 28.8 Å². The summed E-state index contributed by atoms with van der Waals surface area (Å²) < 4.78 is 27.9. The molecule has 0 aromatic rings. The van der Waals surface area contributed by atoms with Gasteiger partial charge in [0.1, 0.15) is 16.5 Å². The number of carboxylic acid groups (broad SMARTS) is 1. The number of rotatable bonds is 13. The zero-order valence-corrected chi connectivity index (χ0v) is 22.2. The molecule has 3 heterocycles. The maximum atomic E-state index is 11.9. The number of thioether (sulfide) groups is 4. The molecule has 0 saturated carbocycles. The molecule has 1 N–H and O–H groups in total. The molecule has 0 saturated heterocycles. The number of hydrogen-bond acceptors (Lipinski definition) is 10. The van der Waals surface area contributed by atoms with Gasteiger partial charge in [-0.15, -0.1) is 47.0 Å². The van der Waals surface area contributed by atoms with Crippen molar-refractivity contribution in [3.63, 3.8) is 0 Å². The molecule has 0 fully saturated rings. The molecule has 192 valence electrons. The zero-order chi connectivity index (χ0) is 29.1. The number of Topliss-reactive ketones (excluding diaryl/α,β-unsaturated/α-hetero) is 3. The number of nitrogens with zero attached hydrogens (tertiary/aromatic N) is 1. The van der Waals surface area contributed by atoms with Gasteiger partial charge in [-0.1, -0.05) is 13.8 Å². The van der Waals surface area contributed by atoms with Crippen LogP contribution in [0.2, 0.25) is 0 Å². The summed E-state index contributed by atoms with van der Waals surface area (Å²) in [4.78, 5) is 72.0. The standard InChI is InChI=1S/C12H16O4S2.C11H13NO3S2/c1-2-8(13)5-3-4-6-9(14)10-11(12(15)16)18-7-17-10;1-2-7(13)4-3-5-12-10(14)8-9(11(12)15)17-6-16-8/h2-7H2,1H3,(H,15,16);2-6H2,1H3/i2*1TD. The first-order chi connectivity index (χ1) is 18.4. The fourth-order valence-corrected chi connectivity index (χ4v) is 7.96. The number of ketones is 3. The van der Waals surface area contributed by atoms with Crippen molar-refractivity contribution in [1.29, 1.82) is 0 Å². The molecule has 35 heavy (non-hydrogen) atoms. The summed E-state index contributed by atoms with van der Waals surface area (Å²) in [6.45, 7) is -2.03. The first kappa shape index (κ1) is 23.9. The average Bonchev–Trinajstić information content (AvgIpc) is 3.57. The highest BCUT2D eigenvalue weighted by Gasteiger charge is 2.41. The van der Waals surface area contributed by atoms with Crippen LogP contribution in [0.5, 0.6) is 0 Å². The largest absolute Gasteiger partial charge is 0.477 e. The lowest BCUT2D eigenvalue weighted by atomic mass is 10.1. The maximum absolute atomic E-state index is 11.9. The van der Waals surface area contributed by atoms with Crippen LogP contribution in [0.1, 0.15) is 70.6 Å². The minimum absolute atomic E-state index is 0.0746. The Bertz CT molecular complexity index is 1040. The van der Waals surface area contributed by atoms with E-state index in [1.165, 1.54) is 40.2 Å². The molecule has 2 atom stereocenters. The van der Waals surface area contributed by atoms with Crippen LogP contribution in [0.4, 0.5) is 0 Å². The van der Waals surface area contributed by atoms with Crippen molar-refractivity contribution in [1.82, 2.24) is 4.90 Å². The van der Waals surface area contributed by atoms with Gasteiger partial charge in [-0.2, -0.15) is 0 Å². The van der Waals surface area contributed by atoms with Gasteiger partial charge in [0.25, 0.3) is 11.8 Å². The van der Waals surface area contributed by atoms with Crippen molar-refractivity contribution in [2.45, 2.75) is 65.1 Å². The second-order valence-corrected chi connectivity index (χ2v) is 12.1. The van der Waals surface area contributed by atoms with Gasteiger partial charge in [-0.05, 0) is 19.3 Å². The maximum Gasteiger partial charge on any atom is 0.343 e. The predicted molar refractivity (Wildman–Crippen MR) is 142 cm³/mol. The van der Waals surface area contributed by atoms with Crippen molar-refractivity contribution < 1.29 is 39.4 Å². The number of unbranched alkanes of at least 4 members (excludes halogenated alkanes) is 1. The van der Waals surface area contributed by atoms with Crippen molar-refractivity contribution in [2.75, 3.05) is 16.7 Å². The van der Waals surface area contributed by atoms with Crippen molar-refractivity contribution in [2.24, 2.45) is 0 Å². The summed E-state index contributed by atoms with van der Waals surface area (Å²) in [7, 11) is 0. The van der Waals surface area contributed by atoms with Crippen LogP contribution in [0.15, 0.2) is 19.6 Å². The Hall–Kier alpha value is -1.50. The van der Waals surface area contributed by atoms with Crippen molar-refractivity contribution >= 4 is 82.2 Å². The van der Waals surface area contributed by atoms with Gasteiger partial charge in [0.2, 0.25) is 0 Å². The van der Waals surface area contributed by atoms with Gasteiger partial charge in [-0.25, -0.2) is 4.79 Å². The number of aliphatic carboxylic acids is 1. The van der Waals surface area contributed by atoms with Gasteiger partial charge in [0.05, 0.1) is 14.7 Å². The second-order valence-electron chi connectivity index (χ2n) is 7.42. The second kappa shape index (κ2) is 14.9. The van der Waals surface area contributed by atoms with Gasteiger partial charge >= 0.3 is 5.97 Å². The Morgan fingerprint density at radius 3 is 1.94 bits per heavy atom. The molecule has 0 radical (unpaired) electrons. The minimum Gasteiger partial charge on any atom is -0.477 e. The molecule has 0 aromatic heterocycles. The van der Waals surface area contributed by atoms with Crippen molar-refractivity contribution in [3.8, 4) is 0 Å². The van der Waals surface area contributed by atoms with Crippen LogP contribution in [-0.2, 0) is 28.8 Å². The average molecular weight is 566 g/mol. The van der Waals surface area contributed by atoms with Crippen LogP contribution in [0.25, 0.3) is 0 Å². The van der Waals surface area contributed by atoms with Gasteiger partial charge in [-0.3, -0.25) is 28.9 Å². The van der Waals surface area contributed by atoms with E-state index in [1.807, 2.05) is 0 Å². The molecule has 3 rings (SSSR count). The molecule has 8 nitrogen and oxygen atoms in total. The van der Waals surface area contributed by atoms with Crippen LogP contribution < -0.4 is 0 Å². The monoisotopic (exact) mass is 565 g/mol. The Morgan fingerprint density at radius 2 is 1.37 bits per heavy atom. The fraction of sp³-hybridized carbons (Fsp3) is 0.565. The SMILES string of the molecule is [2H]C([3H])CC(=O)CCCCC(=O)C1=C(C(=O)O)SCS1.[2H]C([3H])CC(=O)CCCN1C(=O)C2=C(SCS2)C1=O. The molecule has 0 aliphatic carbocycles. The van der Waals surface area contributed by atoms with E-state index in [4.69, 9.17) is 10.6 Å². The highest BCUT2D eigenvalue weighted by Crippen LogP contribution is 2.45. The number of allylic oxidation sites excluding steroid dienone is 1. The molecular weight excluding hydrogens is 531 g/mol. The summed E-state index contributed by atoms with van der Waals surface area (Å²) in [5, 5.41) is 10.2. The molecule has 0 aromatic carbocycles. The van der Waals surface area contributed by atoms with E-state index in [0.717, 1.165) is 11.8 Å². The number of carbonyl (C=O) groups excluding carboxylic acids is 5. The van der Waals surface area contributed by atoms with Gasteiger partial charge < -0.3 is 5.11 Å². The summed E-state index contributed by atoms with van der Waals surface area (Å²) in [5.41, 5.74) is 0. The lowest BCUT2D eigenvalue weighted by Gasteiger charge is -2.15. The molecular formula is C23H29NO7S4. The van der Waals surface area contributed by atoms with Gasteiger partial charge in [0, 0.05) is 54.3 Å². The van der Waals surface area contributed by atoms with E-state index in [-0.39, 0.29) is 72.7 Å². The van der Waals surface area contributed by atoms with Gasteiger partial charge in [0.15, 0.2) is 5.78 Å². The molecule has 12 heteroatoms. The van der Waals surface area contributed by atoms with Crippen LogP contribution in [0, 0.1) is 0 Å². The predicted octanol–water partition coefficient (Wildman–Crippen LogP) is 4.59. The lowest BCUT2D eigenvalue weighted by Crippen LogP contribution is -2.33. The molecule has 2 unspecified atom stereocenters. The molecule has 3 aliphatic heterocycles. The summed E-state index contributed by atoms with van der Waals surface area (Å²) >= 11 is 5.20. The zero-order valence-electron chi connectivity index (χ0n) is 22.9. The fourth-order valence-electron chi connectivity index (χ4n) is 3.14. The highest BCUT2D eigenvalue weighted by molar-refractivity contribution is 8.24. The molecule has 3 aliphatic rings. The topological polar surface area (TPSA) is 126 Å². The normalized spacial score (nSPS) is 20.4. The number of imide groups is 1. The Kier molecular flexibility index (Phi) is 10.2. The first-order valence-electron chi connectivity index (χ1n) is 13.1. The molecule has 0 bridgehead atoms. The van der Waals surface area contributed by atoms with E-state index < -0.39 is 19.7 Å². The third-order valence-electron chi connectivity index (χ3n) is 4.95. The van der Waals surface area contributed by atoms with E-state index in [0.29, 0.717) is 44.1 Å². The smallest absolute Gasteiger partial charge is 0.343 e. The van der Waals surface area contributed by atoms with Crippen LogP contribution >= 0.6 is 47.0 Å². The van der Waals surface area contributed by atoms with Crippen molar-refractivity contribution in [3.05, 3.63) is 19.6 Å². The lowest BCUT2D eigenvalue weighted by molar-refractivity contribution is -0.137. The summed E-state index contributed by atoms with van der Waals surface area (Å²) in [6, 6.07) is 0. The first-order valence-corrected chi connectivity index (χ1v) is 14.7. The van der Waals surface area contributed by atoms with Crippen LogP contribution in [0.3, 0.4) is 0 Å². The third kappa shape index (κ3) is 8.54. The third-order valence-corrected chi connectivity index (χ3v) is 9.82. The minimum atomic E-state index is -1.14. The Morgan fingerprint density at radius 1 is 0.857 bits per heavy atom. The van der Waals surface area contributed by atoms with E-state index in [1.54, 1.807) is 0 Å². The molecule has 0 spiro atoms. The van der Waals surface area contributed by atoms with Crippen LogP contribution in [-0.4, -0.2) is 61.9 Å². The number of amides is 2. The van der Waals surface area contributed by atoms with E-state index >= 15 is 0 Å². The Labute approximate surface area is 227 Å². The summed E-state index contributed by atoms with van der Waals surface area (Å²) in [5.74, 6) is -2.04. The quantitative estimate of drug-likeness (QED) is 0.249. The highest BCUT2D eigenvalue weighted by atomic mass is 32.2. The Balaban J connectivity index is 0.000000274. The molecule has 2 amide bonds. The number of carbonyl (C=O) groups is 6.